The number of carbonyl (C=O) groups excluding carboxylic acids is 1. The average molecular weight is 441 g/mol. The second kappa shape index (κ2) is 7.95. The zero-order chi connectivity index (χ0) is 21.6. The first-order valence-corrected chi connectivity index (χ1v) is 12.9. The molecule has 1 amide bonds. The van der Waals surface area contributed by atoms with Crippen molar-refractivity contribution in [3.05, 3.63) is 65.2 Å². The van der Waals surface area contributed by atoms with Crippen molar-refractivity contribution in [1.82, 2.24) is 9.80 Å². The van der Waals surface area contributed by atoms with Crippen molar-refractivity contribution in [2.75, 3.05) is 32.4 Å². The van der Waals surface area contributed by atoms with E-state index in [0.29, 0.717) is 12.5 Å². The molecule has 4 aliphatic heterocycles. The molecule has 0 aromatic heterocycles. The fraction of sp³-hybridized carbons (Fsp3) is 0.458. The Kier molecular flexibility index (Phi) is 5.26. The van der Waals surface area contributed by atoms with Gasteiger partial charge in [0.2, 0.25) is 0 Å². The van der Waals surface area contributed by atoms with Gasteiger partial charge in [-0.1, -0.05) is 36.4 Å². The molecule has 6 nitrogen and oxygen atoms in total. The Morgan fingerprint density at radius 3 is 2.35 bits per heavy atom. The number of hydrogen-bond acceptors (Lipinski definition) is 5. The van der Waals surface area contributed by atoms with Crippen LogP contribution in [0.5, 0.6) is 0 Å². The molecule has 4 heterocycles. The average Bonchev–Trinajstić information content (AvgIpc) is 2.78. The first kappa shape index (κ1) is 20.5. The minimum Gasteiger partial charge on any atom is -0.444 e. The van der Waals surface area contributed by atoms with Crippen molar-refractivity contribution in [3.63, 3.8) is 0 Å². The largest absolute Gasteiger partial charge is 0.444 e. The Labute approximate surface area is 183 Å². The monoisotopic (exact) mass is 440 g/mol. The maximum atomic E-state index is 13.4. The second-order valence-corrected chi connectivity index (χ2v) is 11.0. The molecule has 0 saturated carbocycles. The summed E-state index contributed by atoms with van der Waals surface area (Å²) in [4.78, 5) is 17.8. The molecular formula is C24H28N2O4S. The summed E-state index contributed by atoms with van der Waals surface area (Å²) in [6.45, 7) is 3.61. The molecule has 0 radical (unpaired) electrons. The van der Waals surface area contributed by atoms with E-state index in [2.05, 4.69) is 17.0 Å². The van der Waals surface area contributed by atoms with Crippen molar-refractivity contribution in [3.8, 4) is 0 Å². The van der Waals surface area contributed by atoms with Gasteiger partial charge in [-0.2, -0.15) is 0 Å². The second-order valence-electron chi connectivity index (χ2n) is 8.95. The minimum atomic E-state index is -3.27. The lowest BCUT2D eigenvalue weighted by atomic mass is 9.86. The van der Waals surface area contributed by atoms with Crippen LogP contribution in [0.2, 0.25) is 0 Å². The van der Waals surface area contributed by atoms with Crippen LogP contribution in [-0.4, -0.2) is 62.8 Å². The van der Waals surface area contributed by atoms with Crippen LogP contribution < -0.4 is 0 Å². The third kappa shape index (κ3) is 3.96. The third-order valence-electron chi connectivity index (χ3n) is 6.99. The van der Waals surface area contributed by atoms with Crippen LogP contribution in [0.25, 0.3) is 0 Å². The van der Waals surface area contributed by atoms with Crippen LogP contribution >= 0.6 is 0 Å². The van der Waals surface area contributed by atoms with Gasteiger partial charge in [-0.25, -0.2) is 13.2 Å². The number of fused-ring (bicyclic) bond motifs is 4. The molecule has 0 spiro atoms. The Bertz CT molecular complexity index is 1080. The van der Waals surface area contributed by atoms with Gasteiger partial charge in [-0.3, -0.25) is 9.80 Å². The molecule has 7 heteroatoms. The number of amides is 1. The molecule has 3 saturated heterocycles. The highest BCUT2D eigenvalue weighted by Crippen LogP contribution is 2.37. The van der Waals surface area contributed by atoms with Gasteiger partial charge in [0.25, 0.3) is 0 Å². The standard InChI is InChI=1S/C24H28N2O4S/c1-31(28,29)20-8-6-19(7-9-20)23-21-5-3-2-4-17(21)12-15-26(23)24(27)30-22-16-25-13-10-18(22)11-14-25/h2-9,18,22-23H,10-16H2,1H3/t22-,23?/m1/s1. The summed E-state index contributed by atoms with van der Waals surface area (Å²) >= 11 is 0. The normalized spacial score (nSPS) is 27.6. The van der Waals surface area contributed by atoms with E-state index in [9.17, 15) is 13.2 Å². The first-order valence-electron chi connectivity index (χ1n) is 11.0. The predicted octanol–water partition coefficient (Wildman–Crippen LogP) is 3.27. The van der Waals surface area contributed by atoms with Gasteiger partial charge in [0.15, 0.2) is 9.84 Å². The molecule has 4 aliphatic rings. The quantitative estimate of drug-likeness (QED) is 0.733. The number of piperidine rings is 3. The van der Waals surface area contributed by atoms with Gasteiger partial charge in [0.1, 0.15) is 6.10 Å². The van der Waals surface area contributed by atoms with Crippen LogP contribution in [0.3, 0.4) is 0 Å². The Hall–Kier alpha value is -2.38. The van der Waals surface area contributed by atoms with Crippen LogP contribution in [0.15, 0.2) is 53.4 Å². The SMILES string of the molecule is CS(=O)(=O)c1ccc(C2c3ccccc3CCN2C(=O)O[C@@H]2CN3CCC2CC3)cc1. The fourth-order valence-corrected chi connectivity index (χ4v) is 5.89. The number of rotatable bonds is 3. The molecule has 1 unspecified atom stereocenters. The first-order chi connectivity index (χ1) is 14.9. The Balaban J connectivity index is 1.45. The van der Waals surface area contributed by atoms with Crippen LogP contribution in [0, 0.1) is 5.92 Å². The fourth-order valence-electron chi connectivity index (χ4n) is 5.26. The molecule has 2 aromatic carbocycles. The number of hydrogen-bond donors (Lipinski definition) is 0. The zero-order valence-electron chi connectivity index (χ0n) is 17.7. The number of nitrogens with zero attached hydrogens (tertiary/aromatic N) is 2. The number of benzene rings is 2. The van der Waals surface area contributed by atoms with E-state index in [0.717, 1.165) is 50.0 Å². The lowest BCUT2D eigenvalue weighted by Gasteiger charge is -2.45. The van der Waals surface area contributed by atoms with E-state index in [1.807, 2.05) is 29.2 Å². The van der Waals surface area contributed by atoms with Gasteiger partial charge in [0.05, 0.1) is 10.9 Å². The van der Waals surface area contributed by atoms with Gasteiger partial charge in [0, 0.05) is 19.3 Å². The smallest absolute Gasteiger partial charge is 0.410 e. The highest BCUT2D eigenvalue weighted by Gasteiger charge is 2.39. The van der Waals surface area contributed by atoms with Crippen molar-refractivity contribution >= 4 is 15.9 Å². The lowest BCUT2D eigenvalue weighted by molar-refractivity contribution is -0.0462. The summed E-state index contributed by atoms with van der Waals surface area (Å²) in [6, 6.07) is 14.8. The molecule has 6 rings (SSSR count). The molecule has 164 valence electrons. The summed E-state index contributed by atoms with van der Waals surface area (Å²) in [5, 5.41) is 0. The number of carbonyl (C=O) groups is 1. The molecule has 3 fully saturated rings. The van der Waals surface area contributed by atoms with Crippen LogP contribution in [0.4, 0.5) is 4.79 Å². The van der Waals surface area contributed by atoms with E-state index in [4.69, 9.17) is 4.74 Å². The lowest BCUT2D eigenvalue weighted by Crippen LogP contribution is -2.53. The molecule has 0 N–H and O–H groups in total. The molecule has 2 aromatic rings. The van der Waals surface area contributed by atoms with Crippen molar-refractivity contribution < 1.29 is 17.9 Å². The van der Waals surface area contributed by atoms with Gasteiger partial charge < -0.3 is 4.74 Å². The summed E-state index contributed by atoms with van der Waals surface area (Å²) in [7, 11) is -3.27. The number of ether oxygens (including phenoxy) is 1. The summed E-state index contributed by atoms with van der Waals surface area (Å²) < 4.78 is 29.8. The van der Waals surface area contributed by atoms with Gasteiger partial charge in [-0.15, -0.1) is 0 Å². The summed E-state index contributed by atoms with van der Waals surface area (Å²) in [5.74, 6) is 0.457. The van der Waals surface area contributed by atoms with Crippen molar-refractivity contribution in [1.29, 1.82) is 0 Å². The molecular weight excluding hydrogens is 412 g/mol. The highest BCUT2D eigenvalue weighted by molar-refractivity contribution is 7.90. The molecule has 2 atom stereocenters. The molecule has 2 bridgehead atoms. The maximum Gasteiger partial charge on any atom is 0.410 e. The van der Waals surface area contributed by atoms with E-state index >= 15 is 0 Å². The third-order valence-corrected chi connectivity index (χ3v) is 8.12. The van der Waals surface area contributed by atoms with Crippen LogP contribution in [0.1, 0.15) is 35.6 Å². The number of sulfone groups is 1. The van der Waals surface area contributed by atoms with E-state index in [1.54, 1.807) is 12.1 Å². The summed E-state index contributed by atoms with van der Waals surface area (Å²) in [5.41, 5.74) is 3.18. The molecule has 31 heavy (non-hydrogen) atoms. The topological polar surface area (TPSA) is 66.9 Å². The van der Waals surface area contributed by atoms with Gasteiger partial charge >= 0.3 is 6.09 Å². The molecule has 0 aliphatic carbocycles. The highest BCUT2D eigenvalue weighted by atomic mass is 32.2. The van der Waals surface area contributed by atoms with E-state index in [-0.39, 0.29) is 23.1 Å². The van der Waals surface area contributed by atoms with Gasteiger partial charge in [-0.05, 0) is 67.1 Å². The van der Waals surface area contributed by atoms with Crippen LogP contribution in [-0.2, 0) is 21.0 Å². The maximum absolute atomic E-state index is 13.4. The zero-order valence-corrected chi connectivity index (χ0v) is 18.6. The summed E-state index contributed by atoms with van der Waals surface area (Å²) in [6.07, 6.45) is 3.86. The van der Waals surface area contributed by atoms with Crippen molar-refractivity contribution in [2.24, 2.45) is 5.92 Å². The van der Waals surface area contributed by atoms with E-state index < -0.39 is 9.84 Å². The van der Waals surface area contributed by atoms with E-state index in [1.165, 1.54) is 11.8 Å². The Morgan fingerprint density at radius 1 is 1.00 bits per heavy atom. The minimum absolute atomic E-state index is 0.0413. The van der Waals surface area contributed by atoms with Crippen molar-refractivity contribution in [2.45, 2.75) is 36.3 Å². The Morgan fingerprint density at radius 2 is 1.71 bits per heavy atom. The predicted molar refractivity (Wildman–Crippen MR) is 118 cm³/mol.